The fourth-order valence-corrected chi connectivity index (χ4v) is 1.94. The maximum atomic E-state index is 12.4. The van der Waals surface area contributed by atoms with Gasteiger partial charge in [0.15, 0.2) is 11.5 Å². The van der Waals surface area contributed by atoms with E-state index in [4.69, 9.17) is 9.47 Å². The van der Waals surface area contributed by atoms with Crippen LogP contribution in [0.4, 0.5) is 13.2 Å². The van der Waals surface area contributed by atoms with Crippen molar-refractivity contribution in [2.45, 2.75) is 19.6 Å². The van der Waals surface area contributed by atoms with Gasteiger partial charge in [-0.05, 0) is 30.7 Å². The van der Waals surface area contributed by atoms with E-state index in [1.807, 2.05) is 6.92 Å². The molecule has 4 nitrogen and oxygen atoms in total. The minimum absolute atomic E-state index is 0.0232. The summed E-state index contributed by atoms with van der Waals surface area (Å²) in [5.41, 5.74) is -0.241. The second kappa shape index (κ2) is 7.72. The lowest BCUT2D eigenvalue weighted by atomic mass is 10.1. The van der Waals surface area contributed by atoms with Crippen LogP contribution in [0.15, 0.2) is 48.5 Å². The summed E-state index contributed by atoms with van der Waals surface area (Å²) < 4.78 is 48.4. The van der Waals surface area contributed by atoms with E-state index >= 15 is 0 Å². The summed E-state index contributed by atoms with van der Waals surface area (Å²) in [7, 11) is 0. The Balaban J connectivity index is 2.36. The number of rotatable bonds is 6. The Morgan fingerprint density at radius 3 is 2.42 bits per heavy atom. The number of hydrogen-bond acceptors (Lipinski definition) is 3. The number of carbonyl (C=O) groups is 1. The van der Waals surface area contributed by atoms with Crippen molar-refractivity contribution in [1.82, 2.24) is 5.32 Å². The average Bonchev–Trinajstić information content (AvgIpc) is 2.53. The summed E-state index contributed by atoms with van der Waals surface area (Å²) >= 11 is 0. The molecule has 0 atom stereocenters. The monoisotopic (exact) mass is 339 g/mol. The molecule has 0 aliphatic rings. The number of para-hydroxylation sites is 2. The van der Waals surface area contributed by atoms with Gasteiger partial charge in [-0.25, -0.2) is 0 Å². The molecule has 0 spiro atoms. The number of ether oxygens (including phenoxy) is 2. The third-order valence-corrected chi connectivity index (χ3v) is 2.90. The van der Waals surface area contributed by atoms with Crippen molar-refractivity contribution < 1.29 is 27.4 Å². The second-order valence-corrected chi connectivity index (χ2v) is 4.85. The van der Waals surface area contributed by atoms with E-state index in [9.17, 15) is 18.0 Å². The molecule has 0 saturated heterocycles. The van der Waals surface area contributed by atoms with Crippen LogP contribution in [-0.4, -0.2) is 18.8 Å². The van der Waals surface area contributed by atoms with Crippen LogP contribution in [0.2, 0.25) is 0 Å². The first kappa shape index (κ1) is 17.7. The molecule has 24 heavy (non-hydrogen) atoms. The third kappa shape index (κ3) is 4.91. The summed E-state index contributed by atoms with van der Waals surface area (Å²) in [6.45, 7) is 2.08. The predicted octanol–water partition coefficient (Wildman–Crippen LogP) is 4.52. The zero-order valence-electron chi connectivity index (χ0n) is 12.9. The van der Waals surface area contributed by atoms with Gasteiger partial charge in [-0.1, -0.05) is 31.2 Å². The molecule has 0 saturated carbocycles. The summed E-state index contributed by atoms with van der Waals surface area (Å²) in [5.74, 6) is -0.672. The number of halogens is 3. The highest BCUT2D eigenvalue weighted by Gasteiger charge is 2.32. The SMILES string of the molecule is CCCOc1c(Oc2ccccc2)cccc1C(=O)NC(F)(F)F. The second-order valence-electron chi connectivity index (χ2n) is 4.85. The topological polar surface area (TPSA) is 47.6 Å². The molecule has 1 amide bonds. The van der Waals surface area contributed by atoms with E-state index in [0.29, 0.717) is 12.2 Å². The maximum absolute atomic E-state index is 12.4. The van der Waals surface area contributed by atoms with Crippen LogP contribution >= 0.6 is 0 Å². The molecule has 1 N–H and O–H groups in total. The van der Waals surface area contributed by atoms with Gasteiger partial charge < -0.3 is 9.47 Å². The van der Waals surface area contributed by atoms with Crippen LogP contribution in [-0.2, 0) is 0 Å². The molecule has 2 aromatic rings. The summed E-state index contributed by atoms with van der Waals surface area (Å²) in [4.78, 5) is 11.9. The number of nitrogens with one attached hydrogen (secondary N) is 1. The average molecular weight is 339 g/mol. The highest BCUT2D eigenvalue weighted by atomic mass is 19.4. The van der Waals surface area contributed by atoms with Gasteiger partial charge in [-0.3, -0.25) is 10.1 Å². The van der Waals surface area contributed by atoms with Crippen LogP contribution in [0, 0.1) is 0 Å². The van der Waals surface area contributed by atoms with Crippen LogP contribution < -0.4 is 14.8 Å². The molecule has 0 aliphatic heterocycles. The first-order valence-corrected chi connectivity index (χ1v) is 7.28. The Morgan fingerprint density at radius 1 is 1.08 bits per heavy atom. The summed E-state index contributed by atoms with van der Waals surface area (Å²) in [6, 6.07) is 12.9. The molecule has 7 heteroatoms. The fraction of sp³-hybridized carbons (Fsp3) is 0.235. The van der Waals surface area contributed by atoms with Crippen molar-refractivity contribution in [3.63, 3.8) is 0 Å². The smallest absolute Gasteiger partial charge is 0.484 e. The molecular weight excluding hydrogens is 323 g/mol. The quantitative estimate of drug-likeness (QED) is 0.787. The van der Waals surface area contributed by atoms with Gasteiger partial charge in [0.25, 0.3) is 5.91 Å². The highest BCUT2D eigenvalue weighted by Crippen LogP contribution is 2.35. The van der Waals surface area contributed by atoms with Gasteiger partial charge in [0.2, 0.25) is 0 Å². The molecule has 2 aromatic carbocycles. The number of hydrogen-bond donors (Lipinski definition) is 1. The molecule has 2 rings (SSSR count). The lowest BCUT2D eigenvalue weighted by molar-refractivity contribution is -0.146. The van der Waals surface area contributed by atoms with Gasteiger partial charge in [0.1, 0.15) is 5.75 Å². The van der Waals surface area contributed by atoms with E-state index in [1.54, 1.807) is 30.3 Å². The van der Waals surface area contributed by atoms with E-state index in [2.05, 4.69) is 0 Å². The van der Waals surface area contributed by atoms with E-state index < -0.39 is 12.2 Å². The fourth-order valence-electron chi connectivity index (χ4n) is 1.94. The molecule has 0 fully saturated rings. The minimum atomic E-state index is -4.82. The molecule has 0 unspecified atom stereocenters. The molecule has 0 heterocycles. The van der Waals surface area contributed by atoms with E-state index in [-0.39, 0.29) is 23.7 Å². The normalized spacial score (nSPS) is 11.0. The number of carbonyl (C=O) groups excluding carboxylic acids is 1. The zero-order chi connectivity index (χ0) is 17.6. The van der Waals surface area contributed by atoms with Crippen LogP contribution in [0.3, 0.4) is 0 Å². The molecule has 0 aromatic heterocycles. The number of amides is 1. The van der Waals surface area contributed by atoms with Gasteiger partial charge in [-0.15, -0.1) is 0 Å². The highest BCUT2D eigenvalue weighted by molar-refractivity contribution is 5.98. The van der Waals surface area contributed by atoms with Gasteiger partial charge in [0.05, 0.1) is 12.2 Å². The predicted molar refractivity (Wildman–Crippen MR) is 82.3 cm³/mol. The zero-order valence-corrected chi connectivity index (χ0v) is 12.9. The Hall–Kier alpha value is -2.70. The first-order chi connectivity index (χ1) is 11.4. The van der Waals surface area contributed by atoms with Crippen LogP contribution in [0.25, 0.3) is 0 Å². The molecule has 0 bridgehead atoms. The Kier molecular flexibility index (Phi) is 5.68. The third-order valence-electron chi connectivity index (χ3n) is 2.90. The standard InChI is InChI=1S/C17H16F3NO3/c1-2-11-23-15-13(16(22)21-17(18,19)20)9-6-10-14(15)24-12-7-4-3-5-8-12/h3-10H,2,11H2,1H3,(H,21,22). The Labute approximate surface area is 137 Å². The number of benzene rings is 2. The molecular formula is C17H16F3NO3. The minimum Gasteiger partial charge on any atom is -0.489 e. The Bertz CT molecular complexity index is 687. The van der Waals surface area contributed by atoms with Crippen LogP contribution in [0.5, 0.6) is 17.2 Å². The summed E-state index contributed by atoms with van der Waals surface area (Å²) in [6.07, 6.45) is -4.20. The van der Waals surface area contributed by atoms with Crippen molar-refractivity contribution >= 4 is 5.91 Å². The first-order valence-electron chi connectivity index (χ1n) is 7.28. The van der Waals surface area contributed by atoms with Crippen molar-refractivity contribution in [1.29, 1.82) is 0 Å². The van der Waals surface area contributed by atoms with Gasteiger partial charge in [-0.2, -0.15) is 13.2 Å². The number of alkyl halides is 3. The van der Waals surface area contributed by atoms with Crippen molar-refractivity contribution in [2.75, 3.05) is 6.61 Å². The van der Waals surface area contributed by atoms with Crippen molar-refractivity contribution in [3.8, 4) is 17.2 Å². The molecule has 0 aliphatic carbocycles. The van der Waals surface area contributed by atoms with E-state index in [0.717, 1.165) is 5.32 Å². The lowest BCUT2D eigenvalue weighted by Gasteiger charge is -2.16. The van der Waals surface area contributed by atoms with Crippen LogP contribution in [0.1, 0.15) is 23.7 Å². The summed E-state index contributed by atoms with van der Waals surface area (Å²) in [5, 5.41) is 0.969. The largest absolute Gasteiger partial charge is 0.489 e. The van der Waals surface area contributed by atoms with E-state index in [1.165, 1.54) is 18.2 Å². The Morgan fingerprint density at radius 2 is 1.79 bits per heavy atom. The van der Waals surface area contributed by atoms with Gasteiger partial charge in [0, 0.05) is 0 Å². The lowest BCUT2D eigenvalue weighted by Crippen LogP contribution is -2.37. The van der Waals surface area contributed by atoms with Crippen molar-refractivity contribution in [2.24, 2.45) is 0 Å². The molecule has 128 valence electrons. The van der Waals surface area contributed by atoms with Crippen molar-refractivity contribution in [3.05, 3.63) is 54.1 Å². The van der Waals surface area contributed by atoms with Gasteiger partial charge >= 0.3 is 6.30 Å². The molecule has 0 radical (unpaired) electrons. The maximum Gasteiger partial charge on any atom is 0.484 e.